The van der Waals surface area contributed by atoms with E-state index in [1.807, 2.05) is 13.8 Å². The molecule has 0 fully saturated rings. The molecule has 2 heterocycles. The molecule has 0 radical (unpaired) electrons. The SMILES string of the molecule is CC.CCC1Cc2c(c3cc(OC)c(OC)cc3c3cc4c(cc23)OCCO4)CN1CC. The third kappa shape index (κ3) is 3.62. The number of ether oxygens (including phenoxy) is 4. The van der Waals surface area contributed by atoms with Crippen molar-refractivity contribution in [3.8, 4) is 23.0 Å². The second kappa shape index (κ2) is 9.45. The number of rotatable bonds is 4. The van der Waals surface area contributed by atoms with Crippen LogP contribution in [0.2, 0.25) is 0 Å². The van der Waals surface area contributed by atoms with Gasteiger partial charge in [0.2, 0.25) is 0 Å². The van der Waals surface area contributed by atoms with E-state index in [0.717, 1.165) is 48.9 Å². The lowest BCUT2D eigenvalue weighted by atomic mass is 9.84. The monoisotopic (exact) mass is 437 g/mol. The molecule has 5 rings (SSSR count). The Balaban J connectivity index is 0.00000119. The van der Waals surface area contributed by atoms with E-state index in [2.05, 4.69) is 43.0 Å². The van der Waals surface area contributed by atoms with Gasteiger partial charge in [0.15, 0.2) is 23.0 Å². The number of methoxy groups -OCH3 is 2. The van der Waals surface area contributed by atoms with Crippen molar-refractivity contribution < 1.29 is 18.9 Å². The normalized spacial score (nSPS) is 17.5. The maximum absolute atomic E-state index is 5.93. The Morgan fingerprint density at radius 1 is 0.812 bits per heavy atom. The molecule has 1 unspecified atom stereocenters. The molecule has 3 aromatic rings. The molecule has 1 atom stereocenters. The van der Waals surface area contributed by atoms with Crippen molar-refractivity contribution >= 4 is 21.5 Å². The van der Waals surface area contributed by atoms with Crippen LogP contribution in [0.25, 0.3) is 21.5 Å². The van der Waals surface area contributed by atoms with Gasteiger partial charge in [-0.1, -0.05) is 27.7 Å². The Labute approximate surface area is 191 Å². The molecule has 0 saturated heterocycles. The Kier molecular flexibility index (Phi) is 6.66. The molecular formula is C27H35NO4. The summed E-state index contributed by atoms with van der Waals surface area (Å²) in [4.78, 5) is 2.59. The van der Waals surface area contributed by atoms with E-state index in [1.54, 1.807) is 14.2 Å². The predicted molar refractivity (Wildman–Crippen MR) is 131 cm³/mol. The highest BCUT2D eigenvalue weighted by Crippen LogP contribution is 2.45. The van der Waals surface area contributed by atoms with E-state index in [4.69, 9.17) is 18.9 Å². The minimum atomic E-state index is 0.552. The quantitative estimate of drug-likeness (QED) is 0.471. The maximum atomic E-state index is 5.93. The van der Waals surface area contributed by atoms with Crippen LogP contribution in [0, 0.1) is 0 Å². The molecule has 0 amide bonds. The second-order valence-corrected chi connectivity index (χ2v) is 8.08. The lowest BCUT2D eigenvalue weighted by molar-refractivity contribution is 0.172. The number of benzene rings is 3. The van der Waals surface area contributed by atoms with Gasteiger partial charge in [-0.05, 0) is 76.3 Å². The van der Waals surface area contributed by atoms with Crippen molar-refractivity contribution in [2.24, 2.45) is 0 Å². The van der Waals surface area contributed by atoms with Gasteiger partial charge in [0.1, 0.15) is 13.2 Å². The van der Waals surface area contributed by atoms with E-state index in [0.29, 0.717) is 19.3 Å². The van der Waals surface area contributed by atoms with Crippen LogP contribution in [-0.2, 0) is 13.0 Å². The number of likely N-dealkylation sites (N-methyl/N-ethyl adjacent to an activating group) is 1. The van der Waals surface area contributed by atoms with Crippen LogP contribution in [0.3, 0.4) is 0 Å². The molecule has 172 valence electrons. The van der Waals surface area contributed by atoms with Crippen LogP contribution in [0.4, 0.5) is 0 Å². The smallest absolute Gasteiger partial charge is 0.162 e. The average Bonchev–Trinajstić information content (AvgIpc) is 2.87. The summed E-state index contributed by atoms with van der Waals surface area (Å²) < 4.78 is 23.1. The van der Waals surface area contributed by atoms with Crippen LogP contribution in [0.5, 0.6) is 23.0 Å². The van der Waals surface area contributed by atoms with Gasteiger partial charge in [-0.2, -0.15) is 0 Å². The fourth-order valence-corrected chi connectivity index (χ4v) is 5.12. The van der Waals surface area contributed by atoms with E-state index in [1.165, 1.54) is 32.7 Å². The van der Waals surface area contributed by atoms with E-state index >= 15 is 0 Å². The largest absolute Gasteiger partial charge is 0.493 e. The summed E-state index contributed by atoms with van der Waals surface area (Å²) in [6.07, 6.45) is 2.18. The van der Waals surface area contributed by atoms with Crippen LogP contribution in [0.15, 0.2) is 24.3 Å². The third-order valence-electron chi connectivity index (χ3n) is 6.71. The summed E-state index contributed by atoms with van der Waals surface area (Å²) in [6, 6.07) is 9.13. The molecule has 0 N–H and O–H groups in total. The van der Waals surface area contributed by atoms with Gasteiger partial charge in [0.05, 0.1) is 14.2 Å². The molecule has 0 spiro atoms. The van der Waals surface area contributed by atoms with Crippen LogP contribution >= 0.6 is 0 Å². The van der Waals surface area contributed by atoms with Gasteiger partial charge in [-0.25, -0.2) is 0 Å². The number of hydrogen-bond donors (Lipinski definition) is 0. The fourth-order valence-electron chi connectivity index (χ4n) is 5.12. The average molecular weight is 438 g/mol. The Morgan fingerprint density at radius 3 is 1.91 bits per heavy atom. The standard InChI is InChI=1S/C25H29NO4.C2H6/c1-5-15-9-16-18-12-24-25(30-8-7-29-24)13-19(18)17-10-22(27-3)23(28-4)11-20(17)21(16)14-26(15)6-2;1-2/h10-13,15H,5-9,14H2,1-4H3;1-2H3. The third-order valence-corrected chi connectivity index (χ3v) is 6.71. The van der Waals surface area contributed by atoms with Crippen molar-refractivity contribution in [2.45, 2.75) is 53.1 Å². The first-order chi connectivity index (χ1) is 15.7. The first-order valence-corrected chi connectivity index (χ1v) is 11.8. The highest BCUT2D eigenvalue weighted by atomic mass is 16.6. The van der Waals surface area contributed by atoms with Crippen LogP contribution in [0.1, 0.15) is 45.2 Å². The van der Waals surface area contributed by atoms with Gasteiger partial charge >= 0.3 is 0 Å². The number of nitrogens with zero attached hydrogens (tertiary/aromatic N) is 1. The molecule has 32 heavy (non-hydrogen) atoms. The van der Waals surface area contributed by atoms with E-state index in [9.17, 15) is 0 Å². The Bertz CT molecular complexity index is 1050. The van der Waals surface area contributed by atoms with Gasteiger partial charge in [0.25, 0.3) is 0 Å². The van der Waals surface area contributed by atoms with Crippen molar-refractivity contribution in [1.82, 2.24) is 4.90 Å². The topological polar surface area (TPSA) is 40.2 Å². The van der Waals surface area contributed by atoms with Crippen LogP contribution < -0.4 is 18.9 Å². The predicted octanol–water partition coefficient (Wildman–Crippen LogP) is 5.96. The highest BCUT2D eigenvalue weighted by Gasteiger charge is 2.29. The molecule has 2 aliphatic rings. The molecule has 0 aromatic heterocycles. The Morgan fingerprint density at radius 2 is 1.34 bits per heavy atom. The van der Waals surface area contributed by atoms with Crippen LogP contribution in [-0.4, -0.2) is 44.9 Å². The lowest BCUT2D eigenvalue weighted by Gasteiger charge is -2.37. The van der Waals surface area contributed by atoms with E-state index < -0.39 is 0 Å². The molecule has 3 aromatic carbocycles. The molecule has 5 heteroatoms. The van der Waals surface area contributed by atoms with Crippen molar-refractivity contribution in [3.05, 3.63) is 35.4 Å². The fraction of sp³-hybridized carbons (Fsp3) is 0.481. The summed E-state index contributed by atoms with van der Waals surface area (Å²) in [5.41, 5.74) is 2.82. The molecule has 0 saturated carbocycles. The zero-order valence-electron chi connectivity index (χ0n) is 20.2. The second-order valence-electron chi connectivity index (χ2n) is 8.08. The van der Waals surface area contributed by atoms with Gasteiger partial charge in [-0.15, -0.1) is 0 Å². The number of hydrogen-bond acceptors (Lipinski definition) is 5. The Hall–Kier alpha value is -2.66. The summed E-state index contributed by atoms with van der Waals surface area (Å²) >= 11 is 0. The lowest BCUT2D eigenvalue weighted by Crippen LogP contribution is -2.40. The first kappa shape index (κ1) is 22.5. The van der Waals surface area contributed by atoms with Crippen molar-refractivity contribution in [3.63, 3.8) is 0 Å². The zero-order chi connectivity index (χ0) is 22.8. The molecule has 5 nitrogen and oxygen atoms in total. The summed E-state index contributed by atoms with van der Waals surface area (Å²) in [5.74, 6) is 3.19. The number of fused-ring (bicyclic) bond motifs is 7. The van der Waals surface area contributed by atoms with E-state index in [-0.39, 0.29) is 0 Å². The maximum Gasteiger partial charge on any atom is 0.162 e. The highest BCUT2D eigenvalue weighted by molar-refractivity contribution is 6.12. The molecule has 0 aliphatic carbocycles. The first-order valence-electron chi connectivity index (χ1n) is 11.8. The van der Waals surface area contributed by atoms with Gasteiger partial charge in [-0.3, -0.25) is 4.90 Å². The summed E-state index contributed by atoms with van der Waals surface area (Å²) in [7, 11) is 3.39. The molecule has 0 bridgehead atoms. The van der Waals surface area contributed by atoms with Gasteiger partial charge < -0.3 is 18.9 Å². The van der Waals surface area contributed by atoms with Crippen molar-refractivity contribution in [2.75, 3.05) is 34.0 Å². The summed E-state index contributed by atoms with van der Waals surface area (Å²) in [5, 5.41) is 4.86. The minimum Gasteiger partial charge on any atom is -0.493 e. The van der Waals surface area contributed by atoms with Crippen molar-refractivity contribution in [1.29, 1.82) is 0 Å². The minimum absolute atomic E-state index is 0.552. The molecular weight excluding hydrogens is 402 g/mol. The summed E-state index contributed by atoms with van der Waals surface area (Å²) in [6.45, 7) is 11.7. The zero-order valence-corrected chi connectivity index (χ0v) is 20.2. The molecule has 2 aliphatic heterocycles. The van der Waals surface area contributed by atoms with Gasteiger partial charge in [0, 0.05) is 12.6 Å².